The average molecular weight is 155 g/mol. The van der Waals surface area contributed by atoms with Crippen LogP contribution in [-0.4, -0.2) is 18.3 Å². The molecule has 3 heteroatoms. The van der Waals surface area contributed by atoms with Gasteiger partial charge in [-0.15, -0.1) is 0 Å². The van der Waals surface area contributed by atoms with Gasteiger partial charge < -0.3 is 15.3 Å². The van der Waals surface area contributed by atoms with Crippen LogP contribution in [-0.2, 0) is 6.42 Å². The number of aliphatic hydroxyl groups is 1. The highest BCUT2D eigenvalue weighted by atomic mass is 16.3. The minimum absolute atomic E-state index is 0.122. The van der Waals surface area contributed by atoms with Gasteiger partial charge in [0.15, 0.2) is 0 Å². The van der Waals surface area contributed by atoms with Crippen molar-refractivity contribution in [1.82, 2.24) is 0 Å². The number of hydrogen-bond donors (Lipinski definition) is 2. The average Bonchev–Trinajstić information content (AvgIpc) is 2.52. The lowest BCUT2D eigenvalue weighted by molar-refractivity contribution is 0.224. The predicted octanol–water partition coefficient (Wildman–Crippen LogP) is 0.389. The minimum Gasteiger partial charge on any atom is -0.469 e. The maximum absolute atomic E-state index is 8.80. The molecule has 1 rings (SSSR count). The second-order valence-electron chi connectivity index (χ2n) is 2.57. The van der Waals surface area contributed by atoms with Gasteiger partial charge in [0.25, 0.3) is 0 Å². The molecule has 3 nitrogen and oxygen atoms in total. The van der Waals surface area contributed by atoms with Crippen LogP contribution in [0.4, 0.5) is 0 Å². The summed E-state index contributed by atoms with van der Waals surface area (Å²) in [6.07, 6.45) is 2.35. The van der Waals surface area contributed by atoms with Crippen LogP contribution in [0, 0.1) is 5.92 Å². The summed E-state index contributed by atoms with van der Waals surface area (Å²) in [7, 11) is 0. The quantitative estimate of drug-likeness (QED) is 0.661. The first-order chi connectivity index (χ1) is 5.36. The van der Waals surface area contributed by atoms with E-state index in [1.165, 1.54) is 0 Å². The van der Waals surface area contributed by atoms with Gasteiger partial charge in [-0.3, -0.25) is 0 Å². The lowest BCUT2D eigenvalue weighted by Crippen LogP contribution is -2.20. The fraction of sp³-hybridized carbons (Fsp3) is 0.500. The topological polar surface area (TPSA) is 59.4 Å². The van der Waals surface area contributed by atoms with Gasteiger partial charge in [0.1, 0.15) is 5.76 Å². The molecule has 0 radical (unpaired) electrons. The fourth-order valence-electron chi connectivity index (χ4n) is 0.936. The molecule has 1 aromatic rings. The number of furan rings is 1. The lowest BCUT2D eigenvalue weighted by atomic mass is 10.1. The monoisotopic (exact) mass is 155 g/mol. The maximum Gasteiger partial charge on any atom is 0.104 e. The van der Waals surface area contributed by atoms with Crippen molar-refractivity contribution in [2.75, 3.05) is 13.2 Å². The van der Waals surface area contributed by atoms with E-state index in [4.69, 9.17) is 15.3 Å². The Labute approximate surface area is 65.8 Å². The third-order valence-corrected chi connectivity index (χ3v) is 1.66. The smallest absolute Gasteiger partial charge is 0.104 e. The van der Waals surface area contributed by atoms with Gasteiger partial charge in [0.05, 0.1) is 6.26 Å². The number of rotatable bonds is 4. The van der Waals surface area contributed by atoms with E-state index in [9.17, 15) is 0 Å². The van der Waals surface area contributed by atoms with E-state index in [0.717, 1.165) is 12.2 Å². The van der Waals surface area contributed by atoms with E-state index in [0.29, 0.717) is 6.54 Å². The van der Waals surface area contributed by atoms with Crippen LogP contribution in [0.5, 0.6) is 0 Å². The van der Waals surface area contributed by atoms with Crippen LogP contribution >= 0.6 is 0 Å². The third kappa shape index (κ3) is 2.37. The summed E-state index contributed by atoms with van der Waals surface area (Å²) in [4.78, 5) is 0. The molecule has 11 heavy (non-hydrogen) atoms. The first-order valence-corrected chi connectivity index (χ1v) is 3.70. The Morgan fingerprint density at radius 1 is 1.64 bits per heavy atom. The summed E-state index contributed by atoms with van der Waals surface area (Å²) in [6.45, 7) is 0.619. The van der Waals surface area contributed by atoms with Crippen LogP contribution in [0.25, 0.3) is 0 Å². The van der Waals surface area contributed by atoms with E-state index in [1.54, 1.807) is 6.26 Å². The zero-order valence-electron chi connectivity index (χ0n) is 6.36. The Hall–Kier alpha value is -0.800. The first kappa shape index (κ1) is 8.30. The third-order valence-electron chi connectivity index (χ3n) is 1.66. The summed E-state index contributed by atoms with van der Waals surface area (Å²) in [5.41, 5.74) is 5.40. The molecule has 0 aliphatic rings. The van der Waals surface area contributed by atoms with Gasteiger partial charge in [-0.1, -0.05) is 0 Å². The Balaban J connectivity index is 2.41. The SMILES string of the molecule is NC[C@H](CO)Cc1ccco1. The summed E-state index contributed by atoms with van der Waals surface area (Å²) < 4.78 is 5.10. The molecule has 0 aliphatic carbocycles. The molecule has 0 aliphatic heterocycles. The van der Waals surface area contributed by atoms with E-state index < -0.39 is 0 Å². The first-order valence-electron chi connectivity index (χ1n) is 3.70. The minimum atomic E-state index is 0.122. The van der Waals surface area contributed by atoms with Crippen molar-refractivity contribution < 1.29 is 9.52 Å². The van der Waals surface area contributed by atoms with E-state index in [2.05, 4.69) is 0 Å². The standard InChI is InChI=1S/C8H13NO2/c9-5-7(6-10)4-8-2-1-3-11-8/h1-3,7,10H,4-6,9H2/t7-/m1/s1. The summed E-state index contributed by atoms with van der Waals surface area (Å²) >= 11 is 0. The molecule has 0 spiro atoms. The second kappa shape index (κ2) is 4.16. The Bertz CT molecular complexity index is 180. The molecule has 1 atom stereocenters. The molecular formula is C8H13NO2. The number of nitrogens with two attached hydrogens (primary N) is 1. The van der Waals surface area contributed by atoms with Gasteiger partial charge in [0, 0.05) is 18.9 Å². The zero-order valence-corrected chi connectivity index (χ0v) is 6.36. The molecular weight excluding hydrogens is 142 g/mol. The normalized spacial score (nSPS) is 13.3. The van der Waals surface area contributed by atoms with Crippen LogP contribution in [0.1, 0.15) is 5.76 Å². The van der Waals surface area contributed by atoms with Gasteiger partial charge in [-0.05, 0) is 18.7 Å². The molecule has 0 bridgehead atoms. The van der Waals surface area contributed by atoms with Crippen LogP contribution in [0.2, 0.25) is 0 Å². The predicted molar refractivity (Wildman–Crippen MR) is 42.0 cm³/mol. The molecule has 0 fully saturated rings. The van der Waals surface area contributed by atoms with Crippen molar-refractivity contribution in [3.05, 3.63) is 24.2 Å². The molecule has 1 aromatic heterocycles. The van der Waals surface area contributed by atoms with Crippen molar-refractivity contribution >= 4 is 0 Å². The molecule has 0 aromatic carbocycles. The Morgan fingerprint density at radius 2 is 2.45 bits per heavy atom. The summed E-state index contributed by atoms with van der Waals surface area (Å²) in [5, 5.41) is 8.80. The lowest BCUT2D eigenvalue weighted by Gasteiger charge is -2.07. The highest BCUT2D eigenvalue weighted by molar-refractivity contribution is 4.99. The Morgan fingerprint density at radius 3 is 2.91 bits per heavy atom. The second-order valence-corrected chi connectivity index (χ2v) is 2.57. The highest BCUT2D eigenvalue weighted by Gasteiger charge is 2.07. The molecule has 0 saturated carbocycles. The van der Waals surface area contributed by atoms with Crippen LogP contribution in [0.15, 0.2) is 22.8 Å². The van der Waals surface area contributed by atoms with E-state index in [-0.39, 0.29) is 12.5 Å². The van der Waals surface area contributed by atoms with Crippen LogP contribution in [0.3, 0.4) is 0 Å². The van der Waals surface area contributed by atoms with E-state index in [1.807, 2.05) is 12.1 Å². The molecule has 62 valence electrons. The van der Waals surface area contributed by atoms with Gasteiger partial charge >= 0.3 is 0 Å². The molecule has 3 N–H and O–H groups in total. The number of hydrogen-bond acceptors (Lipinski definition) is 3. The highest BCUT2D eigenvalue weighted by Crippen LogP contribution is 2.07. The molecule has 1 heterocycles. The van der Waals surface area contributed by atoms with Crippen molar-refractivity contribution in [2.45, 2.75) is 6.42 Å². The number of aliphatic hydroxyl groups excluding tert-OH is 1. The molecule has 0 saturated heterocycles. The summed E-state index contributed by atoms with van der Waals surface area (Å²) in [6, 6.07) is 3.72. The maximum atomic E-state index is 8.80. The Kier molecular flexibility index (Phi) is 3.14. The van der Waals surface area contributed by atoms with Crippen molar-refractivity contribution in [3.8, 4) is 0 Å². The van der Waals surface area contributed by atoms with Crippen molar-refractivity contribution in [3.63, 3.8) is 0 Å². The zero-order chi connectivity index (χ0) is 8.10. The fourth-order valence-corrected chi connectivity index (χ4v) is 0.936. The largest absolute Gasteiger partial charge is 0.469 e. The summed E-state index contributed by atoms with van der Waals surface area (Å²) in [5.74, 6) is 1.01. The van der Waals surface area contributed by atoms with Crippen molar-refractivity contribution in [1.29, 1.82) is 0 Å². The van der Waals surface area contributed by atoms with Gasteiger partial charge in [-0.25, -0.2) is 0 Å². The van der Waals surface area contributed by atoms with E-state index >= 15 is 0 Å². The van der Waals surface area contributed by atoms with Crippen molar-refractivity contribution in [2.24, 2.45) is 11.7 Å². The molecule has 0 unspecified atom stereocenters. The molecule has 0 amide bonds. The van der Waals surface area contributed by atoms with Crippen LogP contribution < -0.4 is 5.73 Å². The van der Waals surface area contributed by atoms with Gasteiger partial charge in [-0.2, -0.15) is 0 Å². The van der Waals surface area contributed by atoms with Gasteiger partial charge in [0.2, 0.25) is 0 Å².